The molecule has 82 valence electrons. The summed E-state index contributed by atoms with van der Waals surface area (Å²) in [4.78, 5) is 0. The van der Waals surface area contributed by atoms with Crippen LogP contribution in [0.4, 0.5) is 0 Å². The van der Waals surface area contributed by atoms with Gasteiger partial charge in [0.2, 0.25) is 0 Å². The average Bonchev–Trinajstić information content (AvgIpc) is 2.16. The van der Waals surface area contributed by atoms with Crippen molar-refractivity contribution in [2.24, 2.45) is 0 Å². The quantitative estimate of drug-likeness (QED) is 0.499. The molecule has 1 atom stereocenters. The summed E-state index contributed by atoms with van der Waals surface area (Å²) in [7, 11) is -3.38. The molecule has 0 radical (unpaired) electrons. The molecule has 0 amide bonds. The van der Waals surface area contributed by atoms with Crippen molar-refractivity contribution >= 4 is 9.84 Å². The number of sulfone groups is 1. The Morgan fingerprint density at radius 2 is 2.07 bits per heavy atom. The van der Waals surface area contributed by atoms with E-state index in [1.807, 2.05) is 6.07 Å². The second kappa shape index (κ2) is 6.99. The molecule has 0 heterocycles. The SMILES string of the molecule is C=CCS(=O)(=O)C(CC#N)NCCC#N. The number of rotatable bonds is 7. The van der Waals surface area contributed by atoms with E-state index >= 15 is 0 Å². The van der Waals surface area contributed by atoms with Crippen molar-refractivity contribution in [3.8, 4) is 12.1 Å². The second-order valence-corrected chi connectivity index (χ2v) is 5.06. The highest BCUT2D eigenvalue weighted by Crippen LogP contribution is 2.04. The first-order chi connectivity index (χ1) is 7.08. The first-order valence-electron chi connectivity index (χ1n) is 4.38. The third-order valence-electron chi connectivity index (χ3n) is 1.67. The first-order valence-corrected chi connectivity index (χ1v) is 6.09. The van der Waals surface area contributed by atoms with E-state index < -0.39 is 15.2 Å². The maximum absolute atomic E-state index is 11.5. The van der Waals surface area contributed by atoms with Gasteiger partial charge in [-0.15, -0.1) is 6.58 Å². The van der Waals surface area contributed by atoms with Gasteiger partial charge in [-0.3, -0.25) is 5.32 Å². The molecule has 6 heteroatoms. The monoisotopic (exact) mass is 227 g/mol. The molecule has 0 aliphatic carbocycles. The summed E-state index contributed by atoms with van der Waals surface area (Å²) in [6.07, 6.45) is 1.37. The Hall–Kier alpha value is -1.37. The Labute approximate surface area is 89.9 Å². The fraction of sp³-hybridized carbons (Fsp3) is 0.556. The predicted molar refractivity (Wildman–Crippen MR) is 56.2 cm³/mol. The van der Waals surface area contributed by atoms with Crippen LogP contribution in [0.2, 0.25) is 0 Å². The van der Waals surface area contributed by atoms with E-state index in [0.29, 0.717) is 0 Å². The number of hydrogen-bond acceptors (Lipinski definition) is 5. The molecule has 0 aliphatic rings. The van der Waals surface area contributed by atoms with Crippen LogP contribution in [-0.4, -0.2) is 26.1 Å². The molecular formula is C9H13N3O2S. The Bertz CT molecular complexity index is 375. The molecule has 0 aliphatic heterocycles. The summed E-state index contributed by atoms with van der Waals surface area (Å²) in [6.45, 7) is 3.61. The van der Waals surface area contributed by atoms with Gasteiger partial charge in [0.1, 0.15) is 5.37 Å². The maximum atomic E-state index is 11.5. The molecule has 0 aromatic rings. The van der Waals surface area contributed by atoms with Gasteiger partial charge >= 0.3 is 0 Å². The molecule has 15 heavy (non-hydrogen) atoms. The second-order valence-electron chi connectivity index (χ2n) is 2.83. The van der Waals surface area contributed by atoms with Crippen LogP contribution in [-0.2, 0) is 9.84 Å². The highest BCUT2D eigenvalue weighted by atomic mass is 32.2. The molecule has 1 N–H and O–H groups in total. The van der Waals surface area contributed by atoms with E-state index in [1.54, 1.807) is 6.07 Å². The van der Waals surface area contributed by atoms with E-state index in [1.165, 1.54) is 6.08 Å². The van der Waals surface area contributed by atoms with Gasteiger partial charge in [0.05, 0.1) is 24.3 Å². The molecule has 0 bridgehead atoms. The molecule has 1 unspecified atom stereocenters. The Morgan fingerprint density at radius 3 is 2.53 bits per heavy atom. The van der Waals surface area contributed by atoms with Gasteiger partial charge in [0, 0.05) is 13.0 Å². The molecule has 5 nitrogen and oxygen atoms in total. The molecular weight excluding hydrogens is 214 g/mol. The summed E-state index contributed by atoms with van der Waals surface area (Å²) in [5, 5.41) is 18.5. The topological polar surface area (TPSA) is 93.8 Å². The van der Waals surface area contributed by atoms with Gasteiger partial charge in [-0.25, -0.2) is 8.42 Å². The van der Waals surface area contributed by atoms with Crippen molar-refractivity contribution < 1.29 is 8.42 Å². The van der Waals surface area contributed by atoms with Crippen molar-refractivity contribution in [3.05, 3.63) is 12.7 Å². The van der Waals surface area contributed by atoms with E-state index in [0.717, 1.165) is 0 Å². The minimum absolute atomic E-state index is 0.123. The van der Waals surface area contributed by atoms with Crippen molar-refractivity contribution in [2.45, 2.75) is 18.2 Å². The lowest BCUT2D eigenvalue weighted by molar-refractivity contribution is 0.554. The molecule has 0 spiro atoms. The standard InChI is InChI=1S/C9H13N3O2S/c1-2-8-15(13,14)9(4-6-11)12-7-3-5-10/h2,9,12H,1,3-4,7-8H2. The van der Waals surface area contributed by atoms with Gasteiger partial charge < -0.3 is 0 Å². The molecule has 0 aromatic heterocycles. The zero-order valence-electron chi connectivity index (χ0n) is 8.31. The minimum atomic E-state index is -3.38. The predicted octanol–water partition coefficient (Wildman–Crippen LogP) is 0.330. The van der Waals surface area contributed by atoms with Crippen molar-refractivity contribution in [1.29, 1.82) is 10.5 Å². The van der Waals surface area contributed by atoms with Crippen molar-refractivity contribution in [2.75, 3.05) is 12.3 Å². The normalized spacial score (nSPS) is 12.4. The van der Waals surface area contributed by atoms with Crippen molar-refractivity contribution in [3.63, 3.8) is 0 Å². The van der Waals surface area contributed by atoms with Crippen LogP contribution >= 0.6 is 0 Å². The Morgan fingerprint density at radius 1 is 1.40 bits per heavy atom. The first kappa shape index (κ1) is 13.6. The third-order valence-corrected chi connectivity index (χ3v) is 3.57. The van der Waals surface area contributed by atoms with Crippen LogP contribution in [0.3, 0.4) is 0 Å². The van der Waals surface area contributed by atoms with E-state index in [4.69, 9.17) is 10.5 Å². The average molecular weight is 227 g/mol. The summed E-state index contributed by atoms with van der Waals surface area (Å²) < 4.78 is 23.1. The van der Waals surface area contributed by atoms with Gasteiger partial charge in [0.15, 0.2) is 9.84 Å². The maximum Gasteiger partial charge on any atom is 0.170 e. The lowest BCUT2D eigenvalue weighted by atomic mass is 10.4. The number of nitrogens with one attached hydrogen (secondary N) is 1. The highest BCUT2D eigenvalue weighted by molar-refractivity contribution is 7.92. The highest BCUT2D eigenvalue weighted by Gasteiger charge is 2.22. The van der Waals surface area contributed by atoms with Crippen LogP contribution in [0.5, 0.6) is 0 Å². The largest absolute Gasteiger partial charge is 0.299 e. The number of nitriles is 2. The molecule has 0 rings (SSSR count). The molecule has 0 fully saturated rings. The smallest absolute Gasteiger partial charge is 0.170 e. The lowest BCUT2D eigenvalue weighted by Gasteiger charge is -2.14. The summed E-state index contributed by atoms with van der Waals surface area (Å²) >= 11 is 0. The van der Waals surface area contributed by atoms with Gasteiger partial charge in [0.25, 0.3) is 0 Å². The van der Waals surface area contributed by atoms with Crippen LogP contribution < -0.4 is 5.32 Å². The zero-order chi connectivity index (χ0) is 11.7. The lowest BCUT2D eigenvalue weighted by Crippen LogP contribution is -2.38. The van der Waals surface area contributed by atoms with Crippen molar-refractivity contribution in [1.82, 2.24) is 5.32 Å². The van der Waals surface area contributed by atoms with Crippen LogP contribution in [0.1, 0.15) is 12.8 Å². The number of hydrogen-bond donors (Lipinski definition) is 1. The fourth-order valence-electron chi connectivity index (χ4n) is 0.978. The number of nitrogens with zero attached hydrogens (tertiary/aromatic N) is 2. The van der Waals surface area contributed by atoms with Gasteiger partial charge in [-0.05, 0) is 0 Å². The zero-order valence-corrected chi connectivity index (χ0v) is 9.13. The summed E-state index contributed by atoms with van der Waals surface area (Å²) in [5.74, 6) is -0.168. The van der Waals surface area contributed by atoms with E-state index in [-0.39, 0.29) is 25.1 Å². The van der Waals surface area contributed by atoms with Crippen LogP contribution in [0, 0.1) is 22.7 Å². The Balaban J connectivity index is 4.46. The summed E-state index contributed by atoms with van der Waals surface area (Å²) in [5.41, 5.74) is 0. The van der Waals surface area contributed by atoms with Gasteiger partial charge in [-0.2, -0.15) is 10.5 Å². The molecule has 0 aromatic carbocycles. The van der Waals surface area contributed by atoms with E-state index in [9.17, 15) is 8.42 Å². The van der Waals surface area contributed by atoms with Gasteiger partial charge in [-0.1, -0.05) is 6.08 Å². The van der Waals surface area contributed by atoms with E-state index in [2.05, 4.69) is 11.9 Å². The van der Waals surface area contributed by atoms with Crippen LogP contribution in [0.25, 0.3) is 0 Å². The Kier molecular flexibility index (Phi) is 6.35. The third kappa shape index (κ3) is 5.16. The fourth-order valence-corrected chi connectivity index (χ4v) is 2.24. The summed E-state index contributed by atoms with van der Waals surface area (Å²) in [6, 6.07) is 3.69. The molecule has 0 saturated carbocycles. The molecule has 0 saturated heterocycles. The van der Waals surface area contributed by atoms with Crippen LogP contribution in [0.15, 0.2) is 12.7 Å². The minimum Gasteiger partial charge on any atom is -0.299 e.